The molecule has 0 spiro atoms. The van der Waals surface area contributed by atoms with Crippen LogP contribution in [0.4, 0.5) is 0 Å². The average Bonchev–Trinajstić information content (AvgIpc) is 3.09. The van der Waals surface area contributed by atoms with E-state index in [1.54, 1.807) is 11.8 Å². The molecule has 3 rings (SSSR count). The van der Waals surface area contributed by atoms with E-state index in [1.807, 2.05) is 0 Å². The molecule has 0 radical (unpaired) electrons. The second-order valence-corrected chi connectivity index (χ2v) is 6.20. The van der Waals surface area contributed by atoms with Crippen LogP contribution in [0.5, 0.6) is 0 Å². The fraction of sp³-hybridized carbons (Fsp3) is 0.467. The first-order valence-electron chi connectivity index (χ1n) is 6.98. The maximum Gasteiger partial charge on any atom is 0.276 e. The van der Waals surface area contributed by atoms with E-state index in [0.29, 0.717) is 5.22 Å². The van der Waals surface area contributed by atoms with Gasteiger partial charge in [-0.1, -0.05) is 35.5 Å². The zero-order valence-electron chi connectivity index (χ0n) is 11.8. The number of nitrogens with zero attached hydrogens (tertiary/aromatic N) is 2. The molecule has 1 aliphatic rings. The third kappa shape index (κ3) is 3.04. The lowest BCUT2D eigenvalue weighted by Gasteiger charge is -2.05. The van der Waals surface area contributed by atoms with Gasteiger partial charge in [-0.2, -0.15) is 0 Å². The lowest BCUT2D eigenvalue weighted by molar-refractivity contribution is 0.374. The molecule has 1 atom stereocenters. The second kappa shape index (κ2) is 5.97. The first-order valence-corrected chi connectivity index (χ1v) is 7.96. The summed E-state index contributed by atoms with van der Waals surface area (Å²) < 4.78 is 5.74. The maximum absolute atomic E-state index is 5.74. The summed E-state index contributed by atoms with van der Waals surface area (Å²) in [4.78, 5) is 0. The highest BCUT2D eigenvalue weighted by molar-refractivity contribution is 7.98. The Hall–Kier alpha value is -1.33. The van der Waals surface area contributed by atoms with Crippen LogP contribution in [0.15, 0.2) is 27.8 Å². The Morgan fingerprint density at radius 1 is 1.35 bits per heavy atom. The largest absolute Gasteiger partial charge is 0.414 e. The monoisotopic (exact) mass is 289 g/mol. The van der Waals surface area contributed by atoms with Crippen LogP contribution in [0.25, 0.3) is 0 Å². The predicted molar refractivity (Wildman–Crippen MR) is 79.8 cm³/mol. The highest BCUT2D eigenvalue weighted by Crippen LogP contribution is 2.27. The van der Waals surface area contributed by atoms with Crippen molar-refractivity contribution in [2.24, 2.45) is 0 Å². The van der Waals surface area contributed by atoms with Gasteiger partial charge in [0.05, 0.1) is 6.04 Å². The molecule has 1 aliphatic heterocycles. The molecule has 1 N–H and O–H groups in total. The summed E-state index contributed by atoms with van der Waals surface area (Å²) >= 11 is 1.61. The number of benzene rings is 1. The van der Waals surface area contributed by atoms with Gasteiger partial charge in [0.1, 0.15) is 0 Å². The molecule has 0 aliphatic carbocycles. The summed E-state index contributed by atoms with van der Waals surface area (Å²) in [7, 11) is 0. The first-order chi connectivity index (χ1) is 9.72. The van der Waals surface area contributed by atoms with Crippen molar-refractivity contribution in [1.82, 2.24) is 15.5 Å². The molecule has 0 amide bonds. The van der Waals surface area contributed by atoms with Crippen LogP contribution in [0.1, 0.15) is 41.5 Å². The van der Waals surface area contributed by atoms with Gasteiger partial charge in [-0.3, -0.25) is 0 Å². The summed E-state index contributed by atoms with van der Waals surface area (Å²) in [5.41, 5.74) is 3.92. The molecule has 4 nitrogen and oxygen atoms in total. The Balaban J connectivity index is 1.64. The number of nitrogens with one attached hydrogen (secondary N) is 1. The zero-order valence-corrected chi connectivity index (χ0v) is 12.7. The van der Waals surface area contributed by atoms with Crippen LogP contribution in [-0.2, 0) is 5.75 Å². The molecule has 0 unspecified atom stereocenters. The van der Waals surface area contributed by atoms with Crippen molar-refractivity contribution in [2.45, 2.75) is 43.7 Å². The molecule has 1 saturated heterocycles. The topological polar surface area (TPSA) is 51.0 Å². The minimum Gasteiger partial charge on any atom is -0.414 e. The average molecular weight is 289 g/mol. The van der Waals surface area contributed by atoms with E-state index >= 15 is 0 Å². The smallest absolute Gasteiger partial charge is 0.276 e. The quantitative estimate of drug-likeness (QED) is 0.874. The molecule has 1 fully saturated rings. The standard InChI is InChI=1S/C15H19N3OS/c1-10-5-6-11(2)12(8-10)9-20-15-18-17-14(19-15)13-4-3-7-16-13/h5-6,8,13,16H,3-4,7,9H2,1-2H3/t13-/m1/s1. The first kappa shape index (κ1) is 13.6. The zero-order chi connectivity index (χ0) is 13.9. The van der Waals surface area contributed by atoms with E-state index in [0.717, 1.165) is 24.6 Å². The Kier molecular flexibility index (Phi) is 4.08. The van der Waals surface area contributed by atoms with Gasteiger partial charge in [0.15, 0.2) is 0 Å². The molecule has 2 heterocycles. The maximum atomic E-state index is 5.74. The molecule has 0 bridgehead atoms. The van der Waals surface area contributed by atoms with Crippen molar-refractivity contribution in [3.8, 4) is 0 Å². The number of hydrogen-bond donors (Lipinski definition) is 1. The number of hydrogen-bond acceptors (Lipinski definition) is 5. The summed E-state index contributed by atoms with van der Waals surface area (Å²) in [6, 6.07) is 6.77. The number of thioether (sulfide) groups is 1. The second-order valence-electron chi connectivity index (χ2n) is 5.27. The van der Waals surface area contributed by atoms with E-state index in [-0.39, 0.29) is 6.04 Å². The van der Waals surface area contributed by atoms with Gasteiger partial charge in [-0.15, -0.1) is 10.2 Å². The Labute approximate surface area is 123 Å². The predicted octanol–water partition coefficient (Wildman–Crippen LogP) is 3.40. The summed E-state index contributed by atoms with van der Waals surface area (Å²) in [6.45, 7) is 5.29. The van der Waals surface area contributed by atoms with E-state index in [2.05, 4.69) is 47.6 Å². The molecule has 0 saturated carbocycles. The normalized spacial score (nSPS) is 18.6. The molecule has 1 aromatic carbocycles. The van der Waals surface area contributed by atoms with Crippen LogP contribution in [0, 0.1) is 13.8 Å². The Morgan fingerprint density at radius 2 is 2.25 bits per heavy atom. The SMILES string of the molecule is Cc1ccc(C)c(CSc2nnc([C@H]3CCCN3)o2)c1. The highest BCUT2D eigenvalue weighted by atomic mass is 32.2. The number of aromatic nitrogens is 2. The Morgan fingerprint density at radius 3 is 3.05 bits per heavy atom. The highest BCUT2D eigenvalue weighted by Gasteiger charge is 2.22. The van der Waals surface area contributed by atoms with Crippen LogP contribution in [0.3, 0.4) is 0 Å². The minimum absolute atomic E-state index is 0.248. The Bertz CT molecular complexity index is 591. The van der Waals surface area contributed by atoms with Crippen molar-refractivity contribution in [3.05, 3.63) is 40.8 Å². The van der Waals surface area contributed by atoms with Crippen molar-refractivity contribution < 1.29 is 4.42 Å². The van der Waals surface area contributed by atoms with Crippen molar-refractivity contribution in [3.63, 3.8) is 0 Å². The lowest BCUT2D eigenvalue weighted by atomic mass is 10.1. The molecule has 1 aromatic heterocycles. The van der Waals surface area contributed by atoms with Crippen molar-refractivity contribution >= 4 is 11.8 Å². The fourth-order valence-electron chi connectivity index (χ4n) is 2.41. The number of rotatable bonds is 4. The summed E-state index contributed by atoms with van der Waals surface area (Å²) in [5, 5.41) is 12.3. The molecular weight excluding hydrogens is 270 g/mol. The molecule has 2 aromatic rings. The van der Waals surface area contributed by atoms with Crippen molar-refractivity contribution in [2.75, 3.05) is 6.54 Å². The summed E-state index contributed by atoms with van der Waals surface area (Å²) in [5.74, 6) is 1.60. The van der Waals surface area contributed by atoms with Crippen LogP contribution in [0.2, 0.25) is 0 Å². The fourth-order valence-corrected chi connectivity index (χ4v) is 3.24. The van der Waals surface area contributed by atoms with E-state index in [4.69, 9.17) is 4.42 Å². The molecule has 5 heteroatoms. The third-order valence-electron chi connectivity index (χ3n) is 3.64. The lowest BCUT2D eigenvalue weighted by Crippen LogP contribution is -2.12. The van der Waals surface area contributed by atoms with E-state index in [1.165, 1.54) is 23.1 Å². The molecule has 106 valence electrons. The number of aryl methyl sites for hydroxylation is 2. The van der Waals surface area contributed by atoms with Gasteiger partial charge in [0.25, 0.3) is 5.22 Å². The van der Waals surface area contributed by atoms with E-state index in [9.17, 15) is 0 Å². The van der Waals surface area contributed by atoms with Gasteiger partial charge in [-0.25, -0.2) is 0 Å². The van der Waals surface area contributed by atoms with Crippen LogP contribution < -0.4 is 5.32 Å². The van der Waals surface area contributed by atoms with Gasteiger partial charge in [0.2, 0.25) is 5.89 Å². The molecular formula is C15H19N3OS. The van der Waals surface area contributed by atoms with Crippen molar-refractivity contribution in [1.29, 1.82) is 0 Å². The minimum atomic E-state index is 0.248. The third-order valence-corrected chi connectivity index (χ3v) is 4.50. The van der Waals surface area contributed by atoms with Gasteiger partial charge in [-0.05, 0) is 44.4 Å². The summed E-state index contributed by atoms with van der Waals surface area (Å²) in [6.07, 6.45) is 2.27. The van der Waals surface area contributed by atoms with Gasteiger partial charge in [0, 0.05) is 5.75 Å². The van der Waals surface area contributed by atoms with E-state index < -0.39 is 0 Å². The van der Waals surface area contributed by atoms with Crippen LogP contribution >= 0.6 is 11.8 Å². The van der Waals surface area contributed by atoms with Gasteiger partial charge < -0.3 is 9.73 Å². The van der Waals surface area contributed by atoms with Crippen LogP contribution in [-0.4, -0.2) is 16.7 Å². The van der Waals surface area contributed by atoms with Gasteiger partial charge >= 0.3 is 0 Å². The molecule has 20 heavy (non-hydrogen) atoms.